The lowest BCUT2D eigenvalue weighted by Crippen LogP contribution is -2.34. The maximum absolute atomic E-state index is 12.4. The maximum atomic E-state index is 12.4. The maximum Gasteiger partial charge on any atom is 0.265 e. The third-order valence-electron chi connectivity index (χ3n) is 3.80. The second-order valence-corrected chi connectivity index (χ2v) is 5.48. The number of hydrogen-bond donors (Lipinski definition) is 2. The Hall–Kier alpha value is -3.22. The average molecular weight is 326 g/mol. The smallest absolute Gasteiger partial charge is 0.265 e. The number of fused-ring (bicyclic) bond motifs is 2. The number of rotatable bonds is 2. The molecule has 0 aliphatic carbocycles. The van der Waals surface area contributed by atoms with Crippen molar-refractivity contribution < 1.29 is 23.8 Å². The quantitative estimate of drug-likeness (QED) is 0.885. The summed E-state index contributed by atoms with van der Waals surface area (Å²) in [6.45, 7) is 1.84. The van der Waals surface area contributed by atoms with Crippen LogP contribution >= 0.6 is 0 Å². The number of amides is 2. The highest BCUT2D eigenvalue weighted by Crippen LogP contribution is 2.35. The van der Waals surface area contributed by atoms with Crippen LogP contribution in [0.5, 0.6) is 17.2 Å². The summed E-state index contributed by atoms with van der Waals surface area (Å²) in [5, 5.41) is 5.51. The monoisotopic (exact) mass is 326 g/mol. The molecule has 4 rings (SSSR count). The molecule has 0 bridgehead atoms. The summed E-state index contributed by atoms with van der Waals surface area (Å²) >= 11 is 0. The molecule has 0 aromatic heterocycles. The molecule has 2 aromatic carbocycles. The molecule has 24 heavy (non-hydrogen) atoms. The molecule has 0 saturated heterocycles. The first kappa shape index (κ1) is 14.4. The van der Waals surface area contributed by atoms with Crippen molar-refractivity contribution in [1.82, 2.24) is 0 Å². The molecule has 7 nitrogen and oxygen atoms in total. The van der Waals surface area contributed by atoms with Crippen LogP contribution in [0.1, 0.15) is 17.3 Å². The molecule has 2 heterocycles. The molecule has 7 heteroatoms. The number of carbonyl (C=O) groups is 2. The SMILES string of the molecule is CC1Oc2ccc(C(=O)Nc3ccc4c(c3)OCO4)cc2NC1=O. The van der Waals surface area contributed by atoms with Crippen LogP contribution in [0.3, 0.4) is 0 Å². The molecule has 0 spiro atoms. The van der Waals surface area contributed by atoms with Gasteiger partial charge < -0.3 is 24.8 Å². The van der Waals surface area contributed by atoms with Crippen LogP contribution in [0.15, 0.2) is 36.4 Å². The predicted octanol–water partition coefficient (Wildman–Crippen LogP) is 2.39. The molecule has 0 fully saturated rings. The van der Waals surface area contributed by atoms with Crippen molar-refractivity contribution in [2.24, 2.45) is 0 Å². The van der Waals surface area contributed by atoms with E-state index in [1.165, 1.54) is 0 Å². The number of carbonyl (C=O) groups excluding carboxylic acids is 2. The van der Waals surface area contributed by atoms with Crippen LogP contribution in [0.25, 0.3) is 0 Å². The van der Waals surface area contributed by atoms with E-state index in [4.69, 9.17) is 14.2 Å². The van der Waals surface area contributed by atoms with Crippen molar-refractivity contribution in [2.45, 2.75) is 13.0 Å². The van der Waals surface area contributed by atoms with Crippen molar-refractivity contribution in [3.63, 3.8) is 0 Å². The van der Waals surface area contributed by atoms with Crippen LogP contribution < -0.4 is 24.8 Å². The largest absolute Gasteiger partial charge is 0.479 e. The highest BCUT2D eigenvalue weighted by molar-refractivity contribution is 6.06. The zero-order chi connectivity index (χ0) is 16.7. The van der Waals surface area contributed by atoms with E-state index in [2.05, 4.69) is 10.6 Å². The van der Waals surface area contributed by atoms with Gasteiger partial charge in [0, 0.05) is 17.3 Å². The molecule has 2 aromatic rings. The first-order valence-corrected chi connectivity index (χ1v) is 7.43. The Morgan fingerprint density at radius 3 is 2.79 bits per heavy atom. The minimum absolute atomic E-state index is 0.176. The Bertz CT molecular complexity index is 849. The molecular formula is C17H14N2O5. The first-order chi connectivity index (χ1) is 11.6. The minimum Gasteiger partial charge on any atom is -0.479 e. The Morgan fingerprint density at radius 1 is 1.12 bits per heavy atom. The van der Waals surface area contributed by atoms with Gasteiger partial charge in [-0.25, -0.2) is 0 Å². The Kier molecular flexibility index (Phi) is 3.26. The number of hydrogen-bond acceptors (Lipinski definition) is 5. The highest BCUT2D eigenvalue weighted by Gasteiger charge is 2.24. The minimum atomic E-state index is -0.550. The fourth-order valence-corrected chi connectivity index (χ4v) is 2.53. The number of benzene rings is 2. The second-order valence-electron chi connectivity index (χ2n) is 5.48. The Balaban J connectivity index is 1.55. The third-order valence-corrected chi connectivity index (χ3v) is 3.80. The van der Waals surface area contributed by atoms with E-state index < -0.39 is 6.10 Å². The van der Waals surface area contributed by atoms with Crippen molar-refractivity contribution in [2.75, 3.05) is 17.4 Å². The molecule has 2 N–H and O–H groups in total. The van der Waals surface area contributed by atoms with Gasteiger partial charge in [0.2, 0.25) is 6.79 Å². The predicted molar refractivity (Wildman–Crippen MR) is 85.7 cm³/mol. The van der Waals surface area contributed by atoms with E-state index >= 15 is 0 Å². The Labute approximate surface area is 137 Å². The summed E-state index contributed by atoms with van der Waals surface area (Å²) in [7, 11) is 0. The summed E-state index contributed by atoms with van der Waals surface area (Å²) in [6.07, 6.45) is -0.550. The van der Waals surface area contributed by atoms with E-state index in [-0.39, 0.29) is 18.6 Å². The number of ether oxygens (including phenoxy) is 3. The number of anilines is 2. The Morgan fingerprint density at radius 2 is 1.92 bits per heavy atom. The van der Waals surface area contributed by atoms with E-state index in [0.29, 0.717) is 34.2 Å². The average Bonchev–Trinajstić information content (AvgIpc) is 3.03. The van der Waals surface area contributed by atoms with E-state index in [1.54, 1.807) is 43.3 Å². The number of nitrogens with one attached hydrogen (secondary N) is 2. The zero-order valence-electron chi connectivity index (χ0n) is 12.8. The highest BCUT2D eigenvalue weighted by atomic mass is 16.7. The van der Waals surface area contributed by atoms with E-state index in [9.17, 15) is 9.59 Å². The summed E-state index contributed by atoms with van der Waals surface area (Å²) in [5.41, 5.74) is 1.48. The normalized spacial score (nSPS) is 17.5. The van der Waals surface area contributed by atoms with Gasteiger partial charge in [0.15, 0.2) is 17.6 Å². The molecule has 0 radical (unpaired) electrons. The summed E-state index contributed by atoms with van der Waals surface area (Å²) in [6, 6.07) is 10.1. The van der Waals surface area contributed by atoms with Gasteiger partial charge in [-0.15, -0.1) is 0 Å². The summed E-state index contributed by atoms with van der Waals surface area (Å²) in [5.74, 6) is 1.24. The summed E-state index contributed by atoms with van der Waals surface area (Å²) in [4.78, 5) is 24.1. The third kappa shape index (κ3) is 2.50. The van der Waals surface area contributed by atoms with Gasteiger partial charge in [-0.05, 0) is 37.3 Å². The van der Waals surface area contributed by atoms with Gasteiger partial charge in [0.1, 0.15) is 5.75 Å². The zero-order valence-corrected chi connectivity index (χ0v) is 12.8. The van der Waals surface area contributed by atoms with Gasteiger partial charge in [-0.1, -0.05) is 0 Å². The van der Waals surface area contributed by atoms with Gasteiger partial charge in [-0.3, -0.25) is 9.59 Å². The van der Waals surface area contributed by atoms with Crippen molar-refractivity contribution in [3.05, 3.63) is 42.0 Å². The van der Waals surface area contributed by atoms with Gasteiger partial charge >= 0.3 is 0 Å². The van der Waals surface area contributed by atoms with Crippen LogP contribution in [0.4, 0.5) is 11.4 Å². The van der Waals surface area contributed by atoms with Crippen LogP contribution in [0.2, 0.25) is 0 Å². The lowest BCUT2D eigenvalue weighted by molar-refractivity contribution is -0.122. The molecule has 122 valence electrons. The fraction of sp³-hybridized carbons (Fsp3) is 0.176. The van der Waals surface area contributed by atoms with Crippen LogP contribution in [-0.2, 0) is 4.79 Å². The molecule has 0 saturated carbocycles. The molecule has 1 atom stereocenters. The standard InChI is InChI=1S/C17H14N2O5/c1-9-16(20)19-12-6-10(2-4-13(12)24-9)17(21)18-11-3-5-14-15(7-11)23-8-22-14/h2-7,9H,8H2,1H3,(H,18,21)(H,19,20). The molecule has 2 aliphatic heterocycles. The van der Waals surface area contributed by atoms with Gasteiger partial charge in [0.05, 0.1) is 5.69 Å². The van der Waals surface area contributed by atoms with Crippen LogP contribution in [0, 0.1) is 0 Å². The first-order valence-electron chi connectivity index (χ1n) is 7.43. The lowest BCUT2D eigenvalue weighted by atomic mass is 10.1. The van der Waals surface area contributed by atoms with Gasteiger partial charge in [-0.2, -0.15) is 0 Å². The molecule has 1 unspecified atom stereocenters. The van der Waals surface area contributed by atoms with Crippen molar-refractivity contribution >= 4 is 23.2 Å². The summed E-state index contributed by atoms with van der Waals surface area (Å²) < 4.78 is 16.0. The van der Waals surface area contributed by atoms with Crippen LogP contribution in [-0.4, -0.2) is 24.7 Å². The topological polar surface area (TPSA) is 85.9 Å². The van der Waals surface area contributed by atoms with Gasteiger partial charge in [0.25, 0.3) is 11.8 Å². The van der Waals surface area contributed by atoms with E-state index in [1.807, 2.05) is 0 Å². The van der Waals surface area contributed by atoms with Crippen molar-refractivity contribution in [1.29, 1.82) is 0 Å². The fourth-order valence-electron chi connectivity index (χ4n) is 2.53. The molecular weight excluding hydrogens is 312 g/mol. The van der Waals surface area contributed by atoms with E-state index in [0.717, 1.165) is 0 Å². The lowest BCUT2D eigenvalue weighted by Gasteiger charge is -2.23. The molecule has 2 aliphatic rings. The second kappa shape index (κ2) is 5.45. The van der Waals surface area contributed by atoms with Crippen molar-refractivity contribution in [3.8, 4) is 17.2 Å². The molecule has 2 amide bonds.